The largest absolute Gasteiger partial charge is 0.294 e. The van der Waals surface area contributed by atoms with Crippen molar-refractivity contribution in [2.24, 2.45) is 5.41 Å². The molecule has 0 N–H and O–H groups in total. The van der Waals surface area contributed by atoms with E-state index in [0.29, 0.717) is 34.8 Å². The Kier molecular flexibility index (Phi) is 5.04. The third-order valence-electron chi connectivity index (χ3n) is 5.58. The van der Waals surface area contributed by atoms with E-state index >= 15 is 0 Å². The van der Waals surface area contributed by atoms with Crippen LogP contribution in [0.1, 0.15) is 44.6 Å². The van der Waals surface area contributed by atoms with Gasteiger partial charge in [0.25, 0.3) is 0 Å². The first-order chi connectivity index (χ1) is 13.7. The lowest BCUT2D eigenvalue weighted by Gasteiger charge is -2.43. The lowest BCUT2D eigenvalue weighted by molar-refractivity contribution is -0.121. The van der Waals surface area contributed by atoms with E-state index in [4.69, 9.17) is 23.2 Å². The van der Waals surface area contributed by atoms with Gasteiger partial charge in [-0.25, -0.2) is 4.39 Å². The summed E-state index contributed by atoms with van der Waals surface area (Å²) in [5.41, 5.74) is 2.24. The normalized spacial score (nSPS) is 21.4. The van der Waals surface area contributed by atoms with Gasteiger partial charge in [-0.1, -0.05) is 55.2 Å². The molecule has 1 amide bonds. The van der Waals surface area contributed by atoms with Crippen LogP contribution in [0.2, 0.25) is 10.0 Å². The van der Waals surface area contributed by atoms with E-state index in [9.17, 15) is 14.0 Å². The van der Waals surface area contributed by atoms with E-state index in [1.165, 1.54) is 23.1 Å². The molecule has 29 heavy (non-hydrogen) atoms. The number of carbonyl (C=O) groups excluding carboxylic acids is 2. The molecule has 1 aliphatic heterocycles. The van der Waals surface area contributed by atoms with Crippen molar-refractivity contribution in [2.45, 2.75) is 39.0 Å². The van der Waals surface area contributed by atoms with Crippen LogP contribution in [0.3, 0.4) is 0 Å². The summed E-state index contributed by atoms with van der Waals surface area (Å²) in [6.07, 6.45) is 1.07. The Morgan fingerprint density at radius 1 is 1.03 bits per heavy atom. The minimum absolute atomic E-state index is 0.0203. The minimum atomic E-state index is -0.553. The zero-order valence-corrected chi connectivity index (χ0v) is 17.6. The number of anilines is 1. The van der Waals surface area contributed by atoms with Gasteiger partial charge in [-0.05, 0) is 41.7 Å². The second-order valence-corrected chi connectivity index (χ2v) is 9.22. The van der Waals surface area contributed by atoms with Crippen LogP contribution >= 0.6 is 23.2 Å². The Labute approximate surface area is 179 Å². The molecule has 0 saturated carbocycles. The quantitative estimate of drug-likeness (QED) is 0.559. The summed E-state index contributed by atoms with van der Waals surface area (Å²) in [6, 6.07) is 11.5. The average Bonchev–Trinajstić information content (AvgIpc) is 2.63. The van der Waals surface area contributed by atoms with Crippen molar-refractivity contribution >= 4 is 40.6 Å². The number of benzene rings is 2. The number of nitrogens with zero attached hydrogens (tertiary/aromatic N) is 1. The molecule has 1 heterocycles. The SMILES string of the molecule is CC1(C)CC(=O)C2=C(C1)N(c1ccc(F)c(Cl)c1)C(=O)CC2c1ccccc1Cl. The summed E-state index contributed by atoms with van der Waals surface area (Å²) >= 11 is 12.4. The van der Waals surface area contributed by atoms with E-state index in [0.717, 1.165) is 5.56 Å². The highest BCUT2D eigenvalue weighted by atomic mass is 35.5. The van der Waals surface area contributed by atoms with Gasteiger partial charge in [0.15, 0.2) is 5.78 Å². The number of Topliss-reactive ketones (excluding diaryl/α,β-unsaturated/α-hetero) is 1. The fourth-order valence-electron chi connectivity index (χ4n) is 4.36. The molecule has 2 aromatic carbocycles. The van der Waals surface area contributed by atoms with Gasteiger partial charge in [-0.2, -0.15) is 0 Å². The van der Waals surface area contributed by atoms with Crippen LogP contribution < -0.4 is 4.90 Å². The minimum Gasteiger partial charge on any atom is -0.294 e. The molecule has 0 saturated heterocycles. The molecule has 0 aromatic heterocycles. The van der Waals surface area contributed by atoms with Crippen LogP contribution in [0, 0.1) is 11.2 Å². The lowest BCUT2D eigenvalue weighted by Crippen LogP contribution is -2.43. The summed E-state index contributed by atoms with van der Waals surface area (Å²) in [5, 5.41) is 0.472. The second-order valence-electron chi connectivity index (χ2n) is 8.41. The first-order valence-electron chi connectivity index (χ1n) is 9.46. The van der Waals surface area contributed by atoms with Gasteiger partial charge in [0, 0.05) is 35.1 Å². The van der Waals surface area contributed by atoms with Gasteiger partial charge >= 0.3 is 0 Å². The number of hydrogen-bond donors (Lipinski definition) is 0. The maximum Gasteiger partial charge on any atom is 0.232 e. The standard InChI is InChI=1S/C23H20Cl2FNO2/c1-23(2)11-19-22(20(28)12-23)15(14-5-3-4-6-16(14)24)10-21(29)27(19)13-7-8-18(26)17(25)9-13/h3-9,15H,10-12H2,1-2H3. The third-order valence-corrected chi connectivity index (χ3v) is 6.22. The van der Waals surface area contributed by atoms with Gasteiger partial charge in [0.05, 0.1) is 10.7 Å². The molecule has 0 spiro atoms. The predicted molar refractivity (Wildman–Crippen MR) is 113 cm³/mol. The Balaban J connectivity index is 1.92. The number of halogens is 3. The van der Waals surface area contributed by atoms with Crippen LogP contribution in [-0.4, -0.2) is 11.7 Å². The Morgan fingerprint density at radius 2 is 1.76 bits per heavy atom. The molecular weight excluding hydrogens is 412 g/mol. The summed E-state index contributed by atoms with van der Waals surface area (Å²) in [4.78, 5) is 28.0. The smallest absolute Gasteiger partial charge is 0.232 e. The number of ketones is 1. The van der Waals surface area contributed by atoms with Gasteiger partial charge in [0.2, 0.25) is 5.91 Å². The summed E-state index contributed by atoms with van der Waals surface area (Å²) in [5.74, 6) is -1.08. The average molecular weight is 432 g/mol. The van der Waals surface area contributed by atoms with Gasteiger partial charge in [0.1, 0.15) is 5.82 Å². The lowest BCUT2D eigenvalue weighted by atomic mass is 9.69. The van der Waals surface area contributed by atoms with E-state index in [1.807, 2.05) is 32.0 Å². The van der Waals surface area contributed by atoms with Crippen LogP contribution in [0.5, 0.6) is 0 Å². The van der Waals surface area contributed by atoms with Crippen LogP contribution in [0.4, 0.5) is 10.1 Å². The van der Waals surface area contributed by atoms with Crippen LogP contribution in [-0.2, 0) is 9.59 Å². The number of rotatable bonds is 2. The third kappa shape index (κ3) is 3.60. The van der Waals surface area contributed by atoms with Crippen LogP contribution in [0.15, 0.2) is 53.7 Å². The molecular formula is C23H20Cl2FNO2. The Hall–Kier alpha value is -2.17. The van der Waals surface area contributed by atoms with E-state index in [2.05, 4.69) is 0 Å². The fourth-order valence-corrected chi connectivity index (χ4v) is 4.80. The molecule has 6 heteroatoms. The predicted octanol–water partition coefficient (Wildman–Crippen LogP) is 6.30. The van der Waals surface area contributed by atoms with Gasteiger partial charge < -0.3 is 0 Å². The molecule has 2 aliphatic rings. The van der Waals surface area contributed by atoms with Crippen molar-refractivity contribution in [1.82, 2.24) is 0 Å². The molecule has 1 aliphatic carbocycles. The fraction of sp³-hybridized carbons (Fsp3) is 0.304. The first kappa shape index (κ1) is 20.1. The maximum absolute atomic E-state index is 13.7. The highest BCUT2D eigenvalue weighted by Crippen LogP contribution is 2.49. The molecule has 150 valence electrons. The van der Waals surface area contributed by atoms with Crippen molar-refractivity contribution in [3.63, 3.8) is 0 Å². The monoisotopic (exact) mass is 431 g/mol. The summed E-state index contributed by atoms with van der Waals surface area (Å²) < 4.78 is 13.7. The van der Waals surface area contributed by atoms with Gasteiger partial charge in [-0.15, -0.1) is 0 Å². The molecule has 0 bridgehead atoms. The molecule has 3 nitrogen and oxygen atoms in total. The molecule has 0 fully saturated rings. The number of carbonyl (C=O) groups is 2. The van der Waals surface area contributed by atoms with Crippen molar-refractivity contribution in [2.75, 3.05) is 4.90 Å². The Bertz CT molecular complexity index is 1060. The van der Waals surface area contributed by atoms with Crippen molar-refractivity contribution in [3.8, 4) is 0 Å². The van der Waals surface area contributed by atoms with E-state index < -0.39 is 5.82 Å². The molecule has 2 aromatic rings. The molecule has 1 unspecified atom stereocenters. The molecule has 0 radical (unpaired) electrons. The zero-order valence-electron chi connectivity index (χ0n) is 16.1. The van der Waals surface area contributed by atoms with Crippen LogP contribution in [0.25, 0.3) is 0 Å². The van der Waals surface area contributed by atoms with E-state index in [1.54, 1.807) is 6.07 Å². The number of allylic oxidation sites excluding steroid dienone is 2. The van der Waals surface area contributed by atoms with Crippen molar-refractivity contribution < 1.29 is 14.0 Å². The van der Waals surface area contributed by atoms with Crippen molar-refractivity contribution in [3.05, 3.63) is 75.2 Å². The van der Waals surface area contributed by atoms with Gasteiger partial charge in [-0.3, -0.25) is 14.5 Å². The topological polar surface area (TPSA) is 37.4 Å². The number of amides is 1. The summed E-state index contributed by atoms with van der Waals surface area (Å²) in [7, 11) is 0. The highest BCUT2D eigenvalue weighted by Gasteiger charge is 2.44. The second kappa shape index (κ2) is 7.26. The molecule has 1 atom stereocenters. The van der Waals surface area contributed by atoms with Crippen molar-refractivity contribution in [1.29, 1.82) is 0 Å². The highest BCUT2D eigenvalue weighted by molar-refractivity contribution is 6.32. The maximum atomic E-state index is 13.7. The summed E-state index contributed by atoms with van der Waals surface area (Å²) in [6.45, 7) is 4.02. The molecule has 4 rings (SSSR count). The first-order valence-corrected chi connectivity index (χ1v) is 10.2. The van der Waals surface area contributed by atoms with E-state index in [-0.39, 0.29) is 34.5 Å². The Morgan fingerprint density at radius 3 is 2.45 bits per heavy atom. The number of hydrogen-bond acceptors (Lipinski definition) is 2. The zero-order chi connectivity index (χ0) is 20.9.